The van der Waals surface area contributed by atoms with Crippen LogP contribution in [0.15, 0.2) is 36.5 Å². The molecule has 2 amide bonds. The molecule has 2 heterocycles. The quantitative estimate of drug-likeness (QED) is 0.855. The van der Waals surface area contributed by atoms with E-state index in [0.29, 0.717) is 18.9 Å². The van der Waals surface area contributed by atoms with Gasteiger partial charge >= 0.3 is 0 Å². The number of likely N-dealkylation sites (tertiary alicyclic amines) is 1. The number of benzene rings is 1. The molecule has 1 aromatic heterocycles. The zero-order valence-electron chi connectivity index (χ0n) is 16.3. The summed E-state index contributed by atoms with van der Waals surface area (Å²) in [5.74, 6) is -0.335. The molecule has 2 aromatic rings. The minimum absolute atomic E-state index is 0.0338. The van der Waals surface area contributed by atoms with E-state index < -0.39 is 17.3 Å². The van der Waals surface area contributed by atoms with E-state index in [1.54, 1.807) is 41.8 Å². The van der Waals surface area contributed by atoms with Gasteiger partial charge < -0.3 is 15.0 Å². The number of methoxy groups -OCH3 is 1. The minimum Gasteiger partial charge on any atom is -0.369 e. The molecular formula is C20H25FN4O3. The van der Waals surface area contributed by atoms with Gasteiger partial charge in [0.15, 0.2) is 0 Å². The van der Waals surface area contributed by atoms with Crippen LogP contribution in [0.25, 0.3) is 0 Å². The van der Waals surface area contributed by atoms with Crippen LogP contribution in [-0.2, 0) is 9.53 Å². The van der Waals surface area contributed by atoms with Crippen molar-refractivity contribution in [2.24, 2.45) is 0 Å². The second kappa shape index (κ2) is 8.10. The lowest BCUT2D eigenvalue weighted by molar-refractivity contribution is -0.152. The SMILES string of the molecule is COC(C)(C)C(=O)N1CCC(n2nccc2NC(=O)c2cccc(F)c2)CC1. The first kappa shape index (κ1) is 20.0. The molecule has 7 nitrogen and oxygen atoms in total. The van der Waals surface area contributed by atoms with E-state index >= 15 is 0 Å². The third kappa shape index (κ3) is 4.22. The second-order valence-electron chi connectivity index (χ2n) is 7.36. The third-order valence-corrected chi connectivity index (χ3v) is 5.12. The maximum atomic E-state index is 13.3. The van der Waals surface area contributed by atoms with Gasteiger partial charge in [0.2, 0.25) is 0 Å². The molecule has 0 radical (unpaired) electrons. The van der Waals surface area contributed by atoms with Crippen molar-refractivity contribution in [2.45, 2.75) is 38.3 Å². The Morgan fingerprint density at radius 1 is 1.25 bits per heavy atom. The Balaban J connectivity index is 1.65. The van der Waals surface area contributed by atoms with Crippen molar-refractivity contribution >= 4 is 17.6 Å². The summed E-state index contributed by atoms with van der Waals surface area (Å²) in [7, 11) is 1.53. The molecule has 0 spiro atoms. The van der Waals surface area contributed by atoms with Gasteiger partial charge in [0.1, 0.15) is 17.2 Å². The molecule has 1 saturated heterocycles. The summed E-state index contributed by atoms with van der Waals surface area (Å²) in [6.07, 6.45) is 3.05. The normalized spacial score (nSPS) is 15.5. The van der Waals surface area contributed by atoms with Crippen LogP contribution in [0, 0.1) is 5.82 Å². The molecule has 8 heteroatoms. The lowest BCUT2D eigenvalue weighted by atomic mass is 10.0. The first-order valence-electron chi connectivity index (χ1n) is 9.27. The van der Waals surface area contributed by atoms with E-state index in [-0.39, 0.29) is 17.5 Å². The second-order valence-corrected chi connectivity index (χ2v) is 7.36. The number of nitrogens with one attached hydrogen (secondary N) is 1. The van der Waals surface area contributed by atoms with E-state index in [4.69, 9.17) is 4.74 Å². The van der Waals surface area contributed by atoms with Gasteiger partial charge in [-0.05, 0) is 44.9 Å². The number of piperidine rings is 1. The van der Waals surface area contributed by atoms with Crippen LogP contribution in [0.2, 0.25) is 0 Å². The number of hydrogen-bond acceptors (Lipinski definition) is 4. The van der Waals surface area contributed by atoms with Crippen molar-refractivity contribution in [1.29, 1.82) is 0 Å². The molecule has 1 aliphatic heterocycles. The highest BCUT2D eigenvalue weighted by molar-refractivity contribution is 6.03. The topological polar surface area (TPSA) is 76.5 Å². The molecule has 1 fully saturated rings. The van der Waals surface area contributed by atoms with Crippen LogP contribution in [0.3, 0.4) is 0 Å². The number of halogens is 1. The van der Waals surface area contributed by atoms with Crippen LogP contribution in [0.5, 0.6) is 0 Å². The average Bonchev–Trinajstić information content (AvgIpc) is 3.15. The highest BCUT2D eigenvalue weighted by Gasteiger charge is 2.34. The van der Waals surface area contributed by atoms with Crippen LogP contribution >= 0.6 is 0 Å². The van der Waals surface area contributed by atoms with Crippen molar-refractivity contribution in [3.05, 3.63) is 47.9 Å². The van der Waals surface area contributed by atoms with Gasteiger partial charge in [-0.3, -0.25) is 9.59 Å². The minimum atomic E-state index is -0.845. The monoisotopic (exact) mass is 388 g/mol. The number of aromatic nitrogens is 2. The number of rotatable bonds is 5. The molecule has 0 unspecified atom stereocenters. The van der Waals surface area contributed by atoms with Crippen LogP contribution in [0.4, 0.5) is 10.2 Å². The van der Waals surface area contributed by atoms with Crippen molar-refractivity contribution in [2.75, 3.05) is 25.5 Å². The van der Waals surface area contributed by atoms with Crippen LogP contribution in [0.1, 0.15) is 43.1 Å². The van der Waals surface area contributed by atoms with Crippen LogP contribution < -0.4 is 5.32 Å². The van der Waals surface area contributed by atoms with E-state index in [1.165, 1.54) is 25.3 Å². The Kier molecular flexibility index (Phi) is 5.79. The van der Waals surface area contributed by atoms with E-state index in [2.05, 4.69) is 10.4 Å². The van der Waals surface area contributed by atoms with Gasteiger partial charge in [0, 0.05) is 31.8 Å². The predicted molar refractivity (Wildman–Crippen MR) is 103 cm³/mol. The maximum absolute atomic E-state index is 13.3. The van der Waals surface area contributed by atoms with Gasteiger partial charge in [-0.2, -0.15) is 5.10 Å². The number of carbonyl (C=O) groups excluding carboxylic acids is 2. The lowest BCUT2D eigenvalue weighted by Gasteiger charge is -2.36. The summed E-state index contributed by atoms with van der Waals surface area (Å²) in [5.41, 5.74) is -0.599. The molecule has 28 heavy (non-hydrogen) atoms. The number of anilines is 1. The predicted octanol–water partition coefficient (Wildman–Crippen LogP) is 2.86. The number of ether oxygens (including phenoxy) is 1. The fourth-order valence-corrected chi connectivity index (χ4v) is 3.30. The summed E-state index contributed by atoms with van der Waals surface area (Å²) < 4.78 is 20.4. The Morgan fingerprint density at radius 3 is 2.61 bits per heavy atom. The summed E-state index contributed by atoms with van der Waals surface area (Å²) in [6.45, 7) is 4.70. The van der Waals surface area contributed by atoms with Gasteiger partial charge in [-0.15, -0.1) is 0 Å². The van der Waals surface area contributed by atoms with Gasteiger partial charge in [0.25, 0.3) is 11.8 Å². The van der Waals surface area contributed by atoms with E-state index in [1.807, 2.05) is 0 Å². The van der Waals surface area contributed by atoms with Gasteiger partial charge in [-0.1, -0.05) is 6.07 Å². The van der Waals surface area contributed by atoms with Crippen LogP contribution in [-0.4, -0.2) is 52.3 Å². The molecule has 150 valence electrons. The van der Waals surface area contributed by atoms with Crippen molar-refractivity contribution in [3.63, 3.8) is 0 Å². The summed E-state index contributed by atoms with van der Waals surface area (Å²) in [5, 5.41) is 7.13. The molecular weight excluding hydrogens is 363 g/mol. The first-order valence-corrected chi connectivity index (χ1v) is 9.27. The number of nitrogens with zero attached hydrogens (tertiary/aromatic N) is 3. The first-order chi connectivity index (χ1) is 13.3. The Morgan fingerprint density at radius 2 is 1.96 bits per heavy atom. The molecule has 0 bridgehead atoms. The largest absolute Gasteiger partial charge is 0.369 e. The lowest BCUT2D eigenvalue weighted by Crippen LogP contribution is -2.49. The number of carbonyl (C=O) groups is 2. The maximum Gasteiger partial charge on any atom is 0.256 e. The fourth-order valence-electron chi connectivity index (χ4n) is 3.30. The molecule has 1 N–H and O–H groups in total. The van der Waals surface area contributed by atoms with Gasteiger partial charge in [0.05, 0.1) is 12.2 Å². The molecule has 0 saturated carbocycles. The highest BCUT2D eigenvalue weighted by atomic mass is 19.1. The molecule has 1 aromatic carbocycles. The Bertz CT molecular complexity index is 857. The fraction of sp³-hybridized carbons (Fsp3) is 0.450. The molecule has 1 aliphatic rings. The van der Waals surface area contributed by atoms with Crippen molar-refractivity contribution in [3.8, 4) is 0 Å². The highest BCUT2D eigenvalue weighted by Crippen LogP contribution is 2.27. The third-order valence-electron chi connectivity index (χ3n) is 5.12. The van der Waals surface area contributed by atoms with Crippen molar-refractivity contribution < 1.29 is 18.7 Å². The number of hydrogen-bond donors (Lipinski definition) is 1. The zero-order chi connectivity index (χ0) is 20.3. The van der Waals surface area contributed by atoms with E-state index in [0.717, 1.165) is 12.8 Å². The summed E-state index contributed by atoms with van der Waals surface area (Å²) in [4.78, 5) is 26.7. The standard InChI is InChI=1S/C20H25FN4O3/c1-20(2,28-3)19(27)24-11-8-16(9-12-24)25-17(7-10-22-25)23-18(26)14-5-4-6-15(21)13-14/h4-7,10,13,16H,8-9,11-12H2,1-3H3,(H,23,26). The summed E-state index contributed by atoms with van der Waals surface area (Å²) in [6, 6.07) is 7.31. The Labute approximate surface area is 163 Å². The zero-order valence-corrected chi connectivity index (χ0v) is 16.3. The molecule has 0 atom stereocenters. The average molecular weight is 388 g/mol. The van der Waals surface area contributed by atoms with Crippen molar-refractivity contribution in [1.82, 2.24) is 14.7 Å². The summed E-state index contributed by atoms with van der Waals surface area (Å²) >= 11 is 0. The smallest absolute Gasteiger partial charge is 0.256 e. The number of amides is 2. The van der Waals surface area contributed by atoms with E-state index in [9.17, 15) is 14.0 Å². The molecule has 3 rings (SSSR count). The molecule has 0 aliphatic carbocycles. The Hall–Kier alpha value is -2.74. The van der Waals surface area contributed by atoms with Gasteiger partial charge in [-0.25, -0.2) is 9.07 Å².